The van der Waals surface area contributed by atoms with Crippen molar-refractivity contribution in [3.8, 4) is 5.75 Å². The molecule has 0 unspecified atom stereocenters. The Morgan fingerprint density at radius 3 is 2.77 bits per heavy atom. The van der Waals surface area contributed by atoms with Crippen LogP contribution in [0, 0.1) is 0 Å². The first-order valence-electron chi connectivity index (χ1n) is 9.67. The summed E-state index contributed by atoms with van der Waals surface area (Å²) in [4.78, 5) is 13.2. The number of carbonyl (C=O) groups excluding carboxylic acids is 1. The van der Waals surface area contributed by atoms with E-state index in [0.29, 0.717) is 15.9 Å². The first-order valence-corrected chi connectivity index (χ1v) is 10.9. The standard InChI is InChI=1S/C21H22ClN5O2S/c1-3-7-17-24-25-21-27(17)26-18(13-10-11-16(29-2)15(22)12-13)19(30-21)20(28)23-14-8-5-4-6-9-14/h4-6,8-12,18-19,26H,3,7H2,1-2H3,(H,23,28)/t18-,19+/m1/s1. The summed E-state index contributed by atoms with van der Waals surface area (Å²) in [6.07, 6.45) is 1.74. The maximum Gasteiger partial charge on any atom is 0.240 e. The van der Waals surface area contributed by atoms with Gasteiger partial charge >= 0.3 is 0 Å². The van der Waals surface area contributed by atoms with Gasteiger partial charge in [0.05, 0.1) is 18.2 Å². The molecule has 0 fully saturated rings. The molecule has 0 bridgehead atoms. The number of anilines is 1. The smallest absolute Gasteiger partial charge is 0.240 e. The second-order valence-corrected chi connectivity index (χ2v) is 8.39. The van der Waals surface area contributed by atoms with Gasteiger partial charge in [0.2, 0.25) is 11.1 Å². The number of carbonyl (C=O) groups is 1. The van der Waals surface area contributed by atoms with E-state index in [9.17, 15) is 4.79 Å². The van der Waals surface area contributed by atoms with Gasteiger partial charge in [-0.25, -0.2) is 4.68 Å². The summed E-state index contributed by atoms with van der Waals surface area (Å²) in [5.74, 6) is 1.30. The van der Waals surface area contributed by atoms with E-state index in [1.807, 2.05) is 53.2 Å². The van der Waals surface area contributed by atoms with E-state index in [4.69, 9.17) is 16.3 Å². The molecular formula is C21H22ClN5O2S. The Bertz CT molecular complexity index is 1040. The number of rotatable bonds is 6. The average Bonchev–Trinajstić information content (AvgIpc) is 3.15. The van der Waals surface area contributed by atoms with Crippen LogP contribution in [0.1, 0.15) is 30.8 Å². The van der Waals surface area contributed by atoms with E-state index >= 15 is 0 Å². The molecule has 2 heterocycles. The second kappa shape index (κ2) is 8.97. The van der Waals surface area contributed by atoms with Gasteiger partial charge in [-0.15, -0.1) is 10.2 Å². The molecule has 0 radical (unpaired) electrons. The van der Waals surface area contributed by atoms with Crippen LogP contribution >= 0.6 is 23.4 Å². The number of nitrogens with zero attached hydrogens (tertiary/aromatic N) is 3. The number of amides is 1. The van der Waals surface area contributed by atoms with Crippen molar-refractivity contribution < 1.29 is 9.53 Å². The average molecular weight is 444 g/mol. The Labute approximate surface area is 184 Å². The van der Waals surface area contributed by atoms with Crippen molar-refractivity contribution in [2.75, 3.05) is 17.9 Å². The fourth-order valence-corrected chi connectivity index (χ4v) is 4.71. The summed E-state index contributed by atoms with van der Waals surface area (Å²) >= 11 is 7.76. The molecule has 2 atom stereocenters. The number of nitrogens with one attached hydrogen (secondary N) is 2. The second-order valence-electron chi connectivity index (χ2n) is 6.88. The molecule has 1 aromatic heterocycles. The van der Waals surface area contributed by atoms with Gasteiger partial charge < -0.3 is 15.5 Å². The van der Waals surface area contributed by atoms with Gasteiger partial charge in [0.15, 0.2) is 5.82 Å². The van der Waals surface area contributed by atoms with Crippen LogP contribution in [0.4, 0.5) is 5.69 Å². The maximum atomic E-state index is 13.2. The predicted molar refractivity (Wildman–Crippen MR) is 119 cm³/mol. The maximum absolute atomic E-state index is 13.2. The van der Waals surface area contributed by atoms with Crippen LogP contribution < -0.4 is 15.5 Å². The van der Waals surface area contributed by atoms with Crippen LogP contribution in [0.2, 0.25) is 5.02 Å². The molecule has 1 amide bonds. The summed E-state index contributed by atoms with van der Waals surface area (Å²) in [6, 6.07) is 14.6. The zero-order valence-electron chi connectivity index (χ0n) is 16.6. The van der Waals surface area contributed by atoms with Crippen molar-refractivity contribution in [3.05, 3.63) is 64.9 Å². The molecule has 2 aromatic carbocycles. The first kappa shape index (κ1) is 20.6. The number of methoxy groups -OCH3 is 1. The van der Waals surface area contributed by atoms with Gasteiger partial charge in [-0.2, -0.15) is 0 Å². The van der Waals surface area contributed by atoms with Crippen molar-refractivity contribution in [3.63, 3.8) is 0 Å². The fourth-order valence-electron chi connectivity index (χ4n) is 3.35. The van der Waals surface area contributed by atoms with E-state index in [0.717, 1.165) is 29.9 Å². The number of ether oxygens (including phenoxy) is 1. The predicted octanol–water partition coefficient (Wildman–Crippen LogP) is 4.29. The van der Waals surface area contributed by atoms with E-state index in [1.54, 1.807) is 7.11 Å². The molecular weight excluding hydrogens is 422 g/mol. The molecule has 0 aliphatic carbocycles. The topological polar surface area (TPSA) is 81.1 Å². The lowest BCUT2D eigenvalue weighted by Crippen LogP contribution is -2.41. The highest BCUT2D eigenvalue weighted by atomic mass is 35.5. The molecule has 0 saturated carbocycles. The number of aryl methyl sites for hydroxylation is 1. The third-order valence-electron chi connectivity index (χ3n) is 4.81. The minimum absolute atomic E-state index is 0.123. The van der Waals surface area contributed by atoms with Crippen LogP contribution in [0.5, 0.6) is 5.75 Å². The van der Waals surface area contributed by atoms with Gasteiger partial charge in [0, 0.05) is 12.1 Å². The molecule has 7 nitrogen and oxygen atoms in total. The van der Waals surface area contributed by atoms with Crippen LogP contribution in [0.15, 0.2) is 53.7 Å². The minimum Gasteiger partial charge on any atom is -0.495 e. The van der Waals surface area contributed by atoms with Crippen LogP contribution in [0.25, 0.3) is 0 Å². The summed E-state index contributed by atoms with van der Waals surface area (Å²) < 4.78 is 7.15. The largest absolute Gasteiger partial charge is 0.495 e. The van der Waals surface area contributed by atoms with Crippen LogP contribution in [-0.4, -0.2) is 33.1 Å². The Balaban J connectivity index is 1.69. The summed E-state index contributed by atoms with van der Waals surface area (Å²) in [5.41, 5.74) is 5.06. The van der Waals surface area contributed by atoms with E-state index in [2.05, 4.69) is 27.9 Å². The van der Waals surface area contributed by atoms with E-state index in [1.165, 1.54) is 11.8 Å². The Morgan fingerprint density at radius 2 is 2.07 bits per heavy atom. The number of benzene rings is 2. The molecule has 1 aliphatic rings. The van der Waals surface area contributed by atoms with Crippen molar-refractivity contribution in [2.24, 2.45) is 0 Å². The van der Waals surface area contributed by atoms with Crippen molar-refractivity contribution in [1.29, 1.82) is 0 Å². The number of aromatic nitrogens is 3. The molecule has 2 N–H and O–H groups in total. The Kier molecular flexibility index (Phi) is 6.15. The lowest BCUT2D eigenvalue weighted by Gasteiger charge is -2.33. The first-order chi connectivity index (χ1) is 14.6. The van der Waals surface area contributed by atoms with Gasteiger partial charge in [-0.1, -0.05) is 54.6 Å². The molecule has 156 valence electrons. The minimum atomic E-state index is -0.471. The van der Waals surface area contributed by atoms with Gasteiger partial charge in [-0.3, -0.25) is 4.79 Å². The highest BCUT2D eigenvalue weighted by molar-refractivity contribution is 8.00. The Morgan fingerprint density at radius 1 is 1.27 bits per heavy atom. The number of para-hydroxylation sites is 1. The number of hydrogen-bond donors (Lipinski definition) is 2. The molecule has 4 rings (SSSR count). The normalized spacial score (nSPS) is 17.7. The quantitative estimate of drug-likeness (QED) is 0.591. The zero-order chi connectivity index (χ0) is 21.1. The van der Waals surface area contributed by atoms with E-state index < -0.39 is 5.25 Å². The summed E-state index contributed by atoms with van der Waals surface area (Å²) in [6.45, 7) is 2.09. The van der Waals surface area contributed by atoms with Crippen molar-refractivity contribution in [1.82, 2.24) is 14.9 Å². The zero-order valence-corrected chi connectivity index (χ0v) is 18.2. The molecule has 0 spiro atoms. The lowest BCUT2D eigenvalue weighted by molar-refractivity contribution is -0.116. The number of thioether (sulfide) groups is 1. The molecule has 30 heavy (non-hydrogen) atoms. The molecule has 3 aromatic rings. The van der Waals surface area contributed by atoms with Crippen molar-refractivity contribution in [2.45, 2.75) is 36.2 Å². The molecule has 0 saturated heterocycles. The lowest BCUT2D eigenvalue weighted by atomic mass is 10.0. The van der Waals surface area contributed by atoms with Crippen LogP contribution in [-0.2, 0) is 11.2 Å². The van der Waals surface area contributed by atoms with Crippen molar-refractivity contribution >= 4 is 35.0 Å². The van der Waals surface area contributed by atoms with Gasteiger partial charge in [-0.05, 0) is 36.2 Å². The fraction of sp³-hybridized carbons (Fsp3) is 0.286. The summed E-state index contributed by atoms with van der Waals surface area (Å²) in [5, 5.41) is 12.3. The summed E-state index contributed by atoms with van der Waals surface area (Å²) in [7, 11) is 1.58. The third-order valence-corrected chi connectivity index (χ3v) is 6.32. The Hall–Kier alpha value is -2.71. The number of halogens is 1. The van der Waals surface area contributed by atoms with Crippen LogP contribution in [0.3, 0.4) is 0 Å². The number of hydrogen-bond acceptors (Lipinski definition) is 6. The highest BCUT2D eigenvalue weighted by Crippen LogP contribution is 2.39. The SMILES string of the molecule is CCCc1nnc2n1N[C@H](c1ccc(OC)c(Cl)c1)[C@@H](C(=O)Nc1ccccc1)S2. The van der Waals surface area contributed by atoms with Gasteiger partial charge in [0.1, 0.15) is 11.0 Å². The third kappa shape index (κ3) is 4.11. The monoisotopic (exact) mass is 443 g/mol. The highest BCUT2D eigenvalue weighted by Gasteiger charge is 2.38. The molecule has 1 aliphatic heterocycles. The molecule has 9 heteroatoms. The van der Waals surface area contributed by atoms with E-state index in [-0.39, 0.29) is 11.9 Å². The number of fused-ring (bicyclic) bond motifs is 1. The van der Waals surface area contributed by atoms with Gasteiger partial charge in [0.25, 0.3) is 0 Å².